The Morgan fingerprint density at radius 3 is 2.77 bits per heavy atom. The van der Waals surface area contributed by atoms with E-state index in [0.29, 0.717) is 29.4 Å². The standard InChI is InChI=1S/C11H15N6O3S.In/c12-7-9(11(14)18)1-2-10(8-13)21(19,20)16-17-5-3-15-4-6-17;/h1,8,13,15-16H,3-6H2,(H2,14,18);/q-1;+1/b9-1+,10-8?;. The minimum atomic E-state index is -3.74. The second-order valence-corrected chi connectivity index (χ2v) is 9.82. The predicted molar refractivity (Wildman–Crippen MR) is 81.4 cm³/mol. The van der Waals surface area contributed by atoms with Crippen LogP contribution in [0.15, 0.2) is 22.8 Å². The molecule has 0 aliphatic carbocycles. The summed E-state index contributed by atoms with van der Waals surface area (Å²) in [6, 6.07) is 1.69. The van der Waals surface area contributed by atoms with Crippen LogP contribution in [0.3, 0.4) is 0 Å². The Hall–Kier alpha value is -1.19. The predicted octanol–water partition coefficient (Wildman–Crippen LogP) is -3.10. The molecule has 0 aromatic rings. The van der Waals surface area contributed by atoms with Crippen LogP contribution >= 0.6 is 0 Å². The molecule has 2 rings (SSSR count). The first-order valence-electron chi connectivity index (χ1n) is 6.50. The SMILES string of the molecule is N#C/C(=C\[C]1=[In][NH]C=C1S(=O)(=O)NN1CCNCC1)C(N)=O. The molecule has 2 aliphatic heterocycles. The van der Waals surface area contributed by atoms with Crippen LogP contribution in [0, 0.1) is 11.3 Å². The van der Waals surface area contributed by atoms with E-state index in [1.165, 1.54) is 12.3 Å². The maximum atomic E-state index is 12.5. The molecule has 9 nitrogen and oxygen atoms in total. The fourth-order valence-electron chi connectivity index (χ4n) is 2.00. The van der Waals surface area contributed by atoms with Gasteiger partial charge in [0.15, 0.2) is 0 Å². The van der Waals surface area contributed by atoms with Gasteiger partial charge in [0, 0.05) is 0 Å². The zero-order valence-electron chi connectivity index (χ0n) is 11.7. The van der Waals surface area contributed by atoms with Crippen molar-refractivity contribution in [2.75, 3.05) is 26.2 Å². The number of allylic oxidation sites excluding steroid dienone is 2. The van der Waals surface area contributed by atoms with Crippen LogP contribution < -0.4 is 19.2 Å². The summed E-state index contributed by atoms with van der Waals surface area (Å²) >= 11 is -1.58. The number of primary amides is 1. The Morgan fingerprint density at radius 1 is 1.50 bits per heavy atom. The van der Waals surface area contributed by atoms with Crippen molar-refractivity contribution < 1.29 is 13.2 Å². The molecule has 116 valence electrons. The first-order valence-corrected chi connectivity index (χ1v) is 11.3. The summed E-state index contributed by atoms with van der Waals surface area (Å²) in [6.07, 6.45) is 2.71. The number of hydrogen-bond acceptors (Lipinski definition) is 7. The Kier molecular flexibility index (Phi) is 5.76. The van der Waals surface area contributed by atoms with Gasteiger partial charge in [-0.3, -0.25) is 0 Å². The van der Waals surface area contributed by atoms with E-state index in [9.17, 15) is 13.2 Å². The molecule has 1 saturated heterocycles. The van der Waals surface area contributed by atoms with E-state index >= 15 is 0 Å². The molecule has 0 saturated carbocycles. The average Bonchev–Trinajstić information content (AvgIpc) is 2.94. The van der Waals surface area contributed by atoms with Crippen molar-refractivity contribution in [2.45, 2.75) is 0 Å². The van der Waals surface area contributed by atoms with E-state index in [1.807, 2.05) is 0 Å². The van der Waals surface area contributed by atoms with Gasteiger partial charge in [-0.25, -0.2) is 0 Å². The number of sulfonamides is 1. The number of carbonyl (C=O) groups is 1. The Labute approximate surface area is 139 Å². The van der Waals surface area contributed by atoms with Crippen molar-refractivity contribution in [1.82, 2.24) is 18.5 Å². The third-order valence-electron chi connectivity index (χ3n) is 3.08. The van der Waals surface area contributed by atoms with Crippen LogP contribution in [0.25, 0.3) is 0 Å². The number of nitrogens with two attached hydrogens (primary N) is 1. The number of carbonyl (C=O) groups excluding carboxylic acids is 1. The second-order valence-electron chi connectivity index (χ2n) is 4.64. The molecule has 5 N–H and O–H groups in total. The molecule has 0 aromatic heterocycles. The Bertz CT molecular complexity index is 700. The quantitative estimate of drug-likeness (QED) is 0.270. The molecule has 2 aliphatic rings. The van der Waals surface area contributed by atoms with E-state index in [4.69, 9.17) is 11.0 Å². The number of hydrazine groups is 1. The average molecular weight is 426 g/mol. The summed E-state index contributed by atoms with van der Waals surface area (Å²) in [5, 5.41) is 13.6. The second kappa shape index (κ2) is 7.38. The van der Waals surface area contributed by atoms with Crippen LogP contribution in [0.1, 0.15) is 0 Å². The van der Waals surface area contributed by atoms with Gasteiger partial charge in [0.1, 0.15) is 0 Å². The van der Waals surface area contributed by atoms with Gasteiger partial charge in [-0.15, -0.1) is 0 Å². The van der Waals surface area contributed by atoms with Crippen molar-refractivity contribution in [2.24, 2.45) is 5.73 Å². The molecule has 22 heavy (non-hydrogen) atoms. The Morgan fingerprint density at radius 2 is 2.18 bits per heavy atom. The summed E-state index contributed by atoms with van der Waals surface area (Å²) < 4.78 is 28.4. The van der Waals surface area contributed by atoms with Crippen molar-refractivity contribution in [1.29, 1.82) is 5.26 Å². The molecule has 0 bridgehead atoms. The molecule has 0 aromatic carbocycles. The first kappa shape index (κ1) is 17.2. The van der Waals surface area contributed by atoms with E-state index in [2.05, 4.69) is 13.5 Å². The summed E-state index contributed by atoms with van der Waals surface area (Å²) in [6.45, 7) is 2.54. The molecule has 11 heteroatoms. The maximum absolute atomic E-state index is 12.5. The minimum absolute atomic E-state index is 0.0845. The van der Waals surface area contributed by atoms with Gasteiger partial charge in [-0.2, -0.15) is 0 Å². The summed E-state index contributed by atoms with van der Waals surface area (Å²) in [5.74, 6) is -0.864. The van der Waals surface area contributed by atoms with Crippen molar-refractivity contribution in [3.63, 3.8) is 0 Å². The van der Waals surface area contributed by atoms with E-state index in [-0.39, 0.29) is 10.5 Å². The van der Waals surface area contributed by atoms with Crippen LogP contribution in [0.2, 0.25) is 0 Å². The molecule has 0 atom stereocenters. The molecular weight excluding hydrogens is 411 g/mol. The van der Waals surface area contributed by atoms with Crippen LogP contribution in [0.5, 0.6) is 0 Å². The number of nitrogens with zero attached hydrogens (tertiary/aromatic N) is 2. The van der Waals surface area contributed by atoms with Gasteiger partial charge >= 0.3 is 140 Å². The van der Waals surface area contributed by atoms with Gasteiger partial charge in [0.25, 0.3) is 0 Å². The number of amides is 1. The zero-order valence-corrected chi connectivity index (χ0v) is 15.8. The summed E-state index contributed by atoms with van der Waals surface area (Å²) in [5.41, 5.74) is 4.84. The molecule has 1 amide bonds. The fourth-order valence-corrected chi connectivity index (χ4v) is 7.86. The molecule has 0 radical (unpaired) electrons. The van der Waals surface area contributed by atoms with Crippen LogP contribution in [-0.2, 0) is 14.8 Å². The van der Waals surface area contributed by atoms with Gasteiger partial charge in [0.2, 0.25) is 0 Å². The normalized spacial score (nSPS) is 19.5. The fraction of sp³-hybridized carbons (Fsp3) is 0.364. The number of nitrogens with one attached hydrogen (secondary N) is 3. The van der Waals surface area contributed by atoms with Crippen molar-refractivity contribution in [3.05, 3.63) is 22.8 Å². The monoisotopic (exact) mass is 426 g/mol. The third kappa shape index (κ3) is 4.17. The summed E-state index contributed by atoms with van der Waals surface area (Å²) in [7, 11) is -3.74. The van der Waals surface area contributed by atoms with E-state index < -0.39 is 38.6 Å². The third-order valence-corrected chi connectivity index (χ3v) is 8.31. The van der Waals surface area contributed by atoms with Gasteiger partial charge in [0.05, 0.1) is 0 Å². The molecule has 0 unspecified atom stereocenters. The molecule has 1 fully saturated rings. The number of piperazine rings is 1. The van der Waals surface area contributed by atoms with E-state index in [0.717, 1.165) is 0 Å². The number of hydrogen-bond donors (Lipinski definition) is 4. The van der Waals surface area contributed by atoms with E-state index in [1.54, 1.807) is 11.1 Å². The van der Waals surface area contributed by atoms with Gasteiger partial charge in [-0.05, 0) is 0 Å². The van der Waals surface area contributed by atoms with Gasteiger partial charge < -0.3 is 0 Å². The molecular formula is C11H15InN6O3S. The Balaban J connectivity index is 2.18. The van der Waals surface area contributed by atoms with Gasteiger partial charge in [-0.1, -0.05) is 0 Å². The summed E-state index contributed by atoms with van der Waals surface area (Å²) in [4.78, 5) is 13.7. The van der Waals surface area contributed by atoms with Crippen LogP contribution in [0.4, 0.5) is 0 Å². The topological polar surface area (TPSA) is 140 Å². The number of nitriles is 1. The van der Waals surface area contributed by atoms with Crippen molar-refractivity contribution >= 4 is 41.9 Å². The van der Waals surface area contributed by atoms with Crippen molar-refractivity contribution in [3.8, 4) is 6.07 Å². The molecule has 0 spiro atoms. The number of rotatable bonds is 5. The first-order chi connectivity index (χ1) is 10.4. The molecule has 2 heterocycles. The zero-order chi connectivity index (χ0) is 16.2. The van der Waals surface area contributed by atoms with Crippen LogP contribution in [-0.4, -0.2) is 71.5 Å².